The van der Waals surface area contributed by atoms with Crippen LogP contribution >= 0.6 is 0 Å². The van der Waals surface area contributed by atoms with Gasteiger partial charge in [0.1, 0.15) is 23.0 Å². The van der Waals surface area contributed by atoms with Gasteiger partial charge in [-0.1, -0.05) is 0 Å². The highest BCUT2D eigenvalue weighted by molar-refractivity contribution is 6.02. The number of amides is 1. The molecule has 0 aliphatic rings. The molecule has 0 bridgehead atoms. The van der Waals surface area contributed by atoms with Gasteiger partial charge in [0, 0.05) is 11.4 Å². The second-order valence-corrected chi connectivity index (χ2v) is 5.55. The summed E-state index contributed by atoms with van der Waals surface area (Å²) in [6.45, 7) is 2.51. The lowest BCUT2D eigenvalue weighted by Crippen LogP contribution is -2.14. The van der Waals surface area contributed by atoms with Gasteiger partial charge < -0.3 is 20.1 Å². The van der Waals surface area contributed by atoms with Crippen molar-refractivity contribution in [2.45, 2.75) is 6.92 Å². The zero-order valence-corrected chi connectivity index (χ0v) is 15.1. The molecule has 7 heteroatoms. The predicted octanol–water partition coefficient (Wildman–Crippen LogP) is 3.88. The summed E-state index contributed by atoms with van der Waals surface area (Å²) in [6.07, 6.45) is 2.94. The lowest BCUT2D eigenvalue weighted by Gasteiger charge is -2.08. The molecular formula is C20H20N4O3. The van der Waals surface area contributed by atoms with E-state index in [2.05, 4.69) is 20.6 Å². The van der Waals surface area contributed by atoms with Gasteiger partial charge in [-0.2, -0.15) is 0 Å². The van der Waals surface area contributed by atoms with Crippen LogP contribution in [0.5, 0.6) is 11.5 Å². The zero-order chi connectivity index (χ0) is 19.1. The average Bonchev–Trinajstić information content (AvgIpc) is 2.71. The zero-order valence-electron chi connectivity index (χ0n) is 15.1. The molecule has 3 aromatic rings. The van der Waals surface area contributed by atoms with Gasteiger partial charge in [-0.25, -0.2) is 9.97 Å². The lowest BCUT2D eigenvalue weighted by molar-refractivity contribution is 0.102. The van der Waals surface area contributed by atoms with Crippen LogP contribution in [-0.4, -0.2) is 29.6 Å². The highest BCUT2D eigenvalue weighted by Gasteiger charge is 2.09. The van der Waals surface area contributed by atoms with Crippen LogP contribution in [-0.2, 0) is 0 Å². The lowest BCUT2D eigenvalue weighted by atomic mass is 10.3. The van der Waals surface area contributed by atoms with Gasteiger partial charge in [-0.05, 0) is 55.5 Å². The minimum atomic E-state index is -0.331. The summed E-state index contributed by atoms with van der Waals surface area (Å²) in [4.78, 5) is 20.7. The van der Waals surface area contributed by atoms with Crippen molar-refractivity contribution in [3.8, 4) is 11.5 Å². The Morgan fingerprint density at radius 2 is 1.59 bits per heavy atom. The molecule has 1 amide bonds. The Hall–Kier alpha value is -3.61. The van der Waals surface area contributed by atoms with Gasteiger partial charge in [-0.15, -0.1) is 0 Å². The maximum absolute atomic E-state index is 12.3. The maximum Gasteiger partial charge on any atom is 0.275 e. The number of carbonyl (C=O) groups is 1. The number of ether oxygens (including phenoxy) is 2. The summed E-state index contributed by atoms with van der Waals surface area (Å²) in [5.41, 5.74) is 1.73. The van der Waals surface area contributed by atoms with Crippen LogP contribution in [0.4, 0.5) is 17.2 Å². The molecule has 0 unspecified atom stereocenters. The number of anilines is 3. The van der Waals surface area contributed by atoms with E-state index in [0.717, 1.165) is 17.2 Å². The molecule has 3 rings (SSSR count). The van der Waals surface area contributed by atoms with E-state index in [0.29, 0.717) is 18.1 Å². The molecule has 2 N–H and O–H groups in total. The number of benzene rings is 2. The minimum Gasteiger partial charge on any atom is -0.497 e. The SMILES string of the molecule is CCOc1ccc(NC(=O)c2cnc(Nc3ccc(OC)cc3)cn2)cc1. The summed E-state index contributed by atoms with van der Waals surface area (Å²) >= 11 is 0. The first kappa shape index (κ1) is 18.2. The molecule has 0 saturated carbocycles. The van der Waals surface area contributed by atoms with Gasteiger partial charge >= 0.3 is 0 Å². The van der Waals surface area contributed by atoms with Crippen molar-refractivity contribution in [1.82, 2.24) is 9.97 Å². The topological polar surface area (TPSA) is 85.4 Å². The highest BCUT2D eigenvalue weighted by atomic mass is 16.5. The number of rotatable bonds is 7. The molecule has 138 valence electrons. The van der Waals surface area contributed by atoms with Gasteiger partial charge in [0.15, 0.2) is 0 Å². The first-order chi connectivity index (χ1) is 13.2. The standard InChI is InChI=1S/C20H20N4O3/c1-3-27-17-10-6-15(7-11-17)24-20(25)18-12-22-19(13-21-18)23-14-4-8-16(26-2)9-5-14/h4-13H,3H2,1-2H3,(H,22,23)(H,24,25). The molecule has 0 aliphatic heterocycles. The number of aromatic nitrogens is 2. The molecule has 0 fully saturated rings. The van der Waals surface area contributed by atoms with Crippen molar-refractivity contribution in [1.29, 1.82) is 0 Å². The van der Waals surface area contributed by atoms with E-state index < -0.39 is 0 Å². The van der Waals surface area contributed by atoms with Crippen LogP contribution in [0.25, 0.3) is 0 Å². The summed E-state index contributed by atoms with van der Waals surface area (Å²) in [7, 11) is 1.62. The molecule has 0 aliphatic carbocycles. The maximum atomic E-state index is 12.3. The van der Waals surface area contributed by atoms with Gasteiger partial charge in [0.25, 0.3) is 5.91 Å². The Bertz CT molecular complexity index is 879. The van der Waals surface area contributed by atoms with Crippen molar-refractivity contribution >= 4 is 23.1 Å². The Balaban J connectivity index is 1.60. The molecular weight excluding hydrogens is 344 g/mol. The fourth-order valence-corrected chi connectivity index (χ4v) is 2.33. The van der Waals surface area contributed by atoms with Gasteiger partial charge in [-0.3, -0.25) is 4.79 Å². The molecule has 0 spiro atoms. The Labute approximate surface area is 157 Å². The van der Waals surface area contributed by atoms with Crippen molar-refractivity contribution in [2.75, 3.05) is 24.4 Å². The third kappa shape index (κ3) is 4.94. The van der Waals surface area contributed by atoms with Crippen LogP contribution in [0.1, 0.15) is 17.4 Å². The third-order valence-corrected chi connectivity index (χ3v) is 3.67. The van der Waals surface area contributed by atoms with E-state index in [9.17, 15) is 4.79 Å². The van der Waals surface area contributed by atoms with Gasteiger partial charge in [0.05, 0.1) is 26.1 Å². The molecule has 1 heterocycles. The van der Waals surface area contributed by atoms with Crippen molar-refractivity contribution in [3.05, 3.63) is 66.6 Å². The van der Waals surface area contributed by atoms with E-state index in [1.54, 1.807) is 31.4 Å². The van der Waals surface area contributed by atoms with E-state index in [1.165, 1.54) is 12.4 Å². The Morgan fingerprint density at radius 3 is 2.19 bits per heavy atom. The number of nitrogens with one attached hydrogen (secondary N) is 2. The molecule has 7 nitrogen and oxygen atoms in total. The summed E-state index contributed by atoms with van der Waals surface area (Å²) in [5, 5.41) is 5.89. The third-order valence-electron chi connectivity index (χ3n) is 3.67. The van der Waals surface area contributed by atoms with E-state index in [4.69, 9.17) is 9.47 Å². The number of carbonyl (C=O) groups excluding carboxylic acids is 1. The average molecular weight is 364 g/mol. The Morgan fingerprint density at radius 1 is 0.926 bits per heavy atom. The summed E-state index contributed by atoms with van der Waals surface area (Å²) in [5.74, 6) is 1.73. The van der Waals surface area contributed by atoms with Crippen LogP contribution in [0, 0.1) is 0 Å². The molecule has 0 saturated heterocycles. The number of methoxy groups -OCH3 is 1. The summed E-state index contributed by atoms with van der Waals surface area (Å²) in [6, 6.07) is 14.6. The van der Waals surface area contributed by atoms with Crippen molar-refractivity contribution < 1.29 is 14.3 Å². The predicted molar refractivity (Wildman–Crippen MR) is 104 cm³/mol. The molecule has 1 aromatic heterocycles. The monoisotopic (exact) mass is 364 g/mol. The van der Waals surface area contributed by atoms with E-state index in [1.807, 2.05) is 31.2 Å². The smallest absolute Gasteiger partial charge is 0.275 e. The van der Waals surface area contributed by atoms with Crippen molar-refractivity contribution in [3.63, 3.8) is 0 Å². The second-order valence-electron chi connectivity index (χ2n) is 5.55. The first-order valence-corrected chi connectivity index (χ1v) is 8.45. The first-order valence-electron chi connectivity index (χ1n) is 8.45. The van der Waals surface area contributed by atoms with Crippen molar-refractivity contribution in [2.24, 2.45) is 0 Å². The highest BCUT2D eigenvalue weighted by Crippen LogP contribution is 2.19. The Kier molecular flexibility index (Phi) is 5.84. The van der Waals surface area contributed by atoms with Crippen LogP contribution < -0.4 is 20.1 Å². The van der Waals surface area contributed by atoms with Gasteiger partial charge in [0.2, 0.25) is 0 Å². The molecule has 27 heavy (non-hydrogen) atoms. The normalized spacial score (nSPS) is 10.1. The van der Waals surface area contributed by atoms with Crippen LogP contribution in [0.2, 0.25) is 0 Å². The fraction of sp³-hybridized carbons (Fsp3) is 0.150. The minimum absolute atomic E-state index is 0.226. The number of hydrogen-bond acceptors (Lipinski definition) is 6. The van der Waals surface area contributed by atoms with E-state index in [-0.39, 0.29) is 11.6 Å². The number of hydrogen-bond donors (Lipinski definition) is 2. The fourth-order valence-electron chi connectivity index (χ4n) is 2.33. The quantitative estimate of drug-likeness (QED) is 0.662. The van der Waals surface area contributed by atoms with Crippen LogP contribution in [0.3, 0.4) is 0 Å². The van der Waals surface area contributed by atoms with Crippen LogP contribution in [0.15, 0.2) is 60.9 Å². The molecule has 0 atom stereocenters. The largest absolute Gasteiger partial charge is 0.497 e. The molecule has 0 radical (unpaired) electrons. The number of nitrogens with zero attached hydrogens (tertiary/aromatic N) is 2. The second kappa shape index (κ2) is 8.66. The summed E-state index contributed by atoms with van der Waals surface area (Å²) < 4.78 is 10.5. The van der Waals surface area contributed by atoms with E-state index >= 15 is 0 Å². The molecule has 2 aromatic carbocycles.